The maximum absolute atomic E-state index is 15.3. The highest BCUT2D eigenvalue weighted by atomic mass is 79.9. The number of halogens is 4. The van der Waals surface area contributed by atoms with E-state index in [9.17, 15) is 18.4 Å². The fourth-order valence-corrected chi connectivity index (χ4v) is 3.17. The summed E-state index contributed by atoms with van der Waals surface area (Å²) in [6.45, 7) is 9.10. The van der Waals surface area contributed by atoms with Crippen molar-refractivity contribution in [2.24, 2.45) is 4.99 Å². The quantitative estimate of drug-likeness (QED) is 0.467. The molecule has 1 aliphatic rings. The molecule has 0 aromatic carbocycles. The molecule has 1 aromatic rings. The fraction of sp³-hybridized carbons (Fsp3) is 0.619. The predicted octanol–water partition coefficient (Wildman–Crippen LogP) is 5.43. The van der Waals surface area contributed by atoms with Crippen LogP contribution in [0.15, 0.2) is 21.7 Å². The number of aliphatic imine (C=N–C) groups is 1. The van der Waals surface area contributed by atoms with E-state index in [1.54, 1.807) is 41.5 Å². The molecule has 8 nitrogen and oxygen atoms in total. The first kappa shape index (κ1) is 26.9. The SMILES string of the molecule is CC(C)(C)OC(=O)N(C(=O)OC(C)(C)C)C1=N[C@](C)(c2nc(Br)ccc2F)[C@@H](F)[C@@H](CF)O1. The first-order chi connectivity index (χ1) is 15.0. The molecule has 0 fully saturated rings. The summed E-state index contributed by atoms with van der Waals surface area (Å²) < 4.78 is 59.6. The van der Waals surface area contributed by atoms with Crippen LogP contribution in [0.2, 0.25) is 0 Å². The number of carbonyl (C=O) groups excluding carboxylic acids is 2. The van der Waals surface area contributed by atoms with E-state index in [0.29, 0.717) is 4.90 Å². The predicted molar refractivity (Wildman–Crippen MR) is 117 cm³/mol. The van der Waals surface area contributed by atoms with E-state index in [1.165, 1.54) is 6.07 Å². The van der Waals surface area contributed by atoms with Gasteiger partial charge in [-0.25, -0.2) is 32.7 Å². The lowest BCUT2D eigenvalue weighted by molar-refractivity contribution is -0.0223. The Labute approximate surface area is 198 Å². The lowest BCUT2D eigenvalue weighted by Crippen LogP contribution is -2.56. The van der Waals surface area contributed by atoms with E-state index in [2.05, 4.69) is 25.9 Å². The van der Waals surface area contributed by atoms with E-state index in [1.807, 2.05) is 0 Å². The van der Waals surface area contributed by atoms with Crippen LogP contribution >= 0.6 is 15.9 Å². The molecule has 1 aliphatic heterocycles. The van der Waals surface area contributed by atoms with Crippen molar-refractivity contribution >= 4 is 34.1 Å². The number of pyridine rings is 1. The molecule has 2 rings (SSSR count). The summed E-state index contributed by atoms with van der Waals surface area (Å²) in [5.41, 5.74) is -4.72. The average Bonchev–Trinajstić information content (AvgIpc) is 2.63. The van der Waals surface area contributed by atoms with Gasteiger partial charge >= 0.3 is 18.2 Å². The van der Waals surface area contributed by atoms with Crippen molar-refractivity contribution in [1.82, 2.24) is 9.88 Å². The minimum absolute atomic E-state index is 0.170. The van der Waals surface area contributed by atoms with Gasteiger partial charge in [-0.05, 0) is 76.5 Å². The van der Waals surface area contributed by atoms with Gasteiger partial charge in [-0.15, -0.1) is 4.90 Å². The summed E-state index contributed by atoms with van der Waals surface area (Å²) in [7, 11) is 0. The summed E-state index contributed by atoms with van der Waals surface area (Å²) in [6, 6.07) is 1.51. The summed E-state index contributed by atoms with van der Waals surface area (Å²) in [4.78, 5) is 34.0. The van der Waals surface area contributed by atoms with Gasteiger partial charge in [0.2, 0.25) is 0 Å². The zero-order valence-electron chi connectivity index (χ0n) is 19.4. The number of hydrogen-bond donors (Lipinski definition) is 0. The Kier molecular flexibility index (Phi) is 7.72. The Bertz CT molecular complexity index is 920. The monoisotopic (exact) mass is 537 g/mol. The Hall–Kier alpha value is -2.37. The Morgan fingerprint density at radius 1 is 1.15 bits per heavy atom. The van der Waals surface area contributed by atoms with Crippen LogP contribution in [0.4, 0.5) is 22.8 Å². The van der Waals surface area contributed by atoms with Gasteiger partial charge in [0.05, 0.1) is 0 Å². The lowest BCUT2D eigenvalue weighted by Gasteiger charge is -2.39. The second kappa shape index (κ2) is 9.47. The van der Waals surface area contributed by atoms with Gasteiger partial charge in [0.1, 0.15) is 39.5 Å². The average molecular weight is 538 g/mol. The van der Waals surface area contributed by atoms with Crippen LogP contribution in [-0.4, -0.2) is 58.2 Å². The standard InChI is InChI=1S/C21H27BrF3N3O5/c1-19(2,3)32-17(29)28(18(30)33-20(4,5)6)16-27-21(7,14(25)12(10-23)31-16)15-11(24)8-9-13(22)26-15/h8-9,12,14H,10H2,1-7H3/t12-,14+,21+/m1/s1. The van der Waals surface area contributed by atoms with Gasteiger partial charge in [0, 0.05) is 0 Å². The van der Waals surface area contributed by atoms with Crippen LogP contribution in [0, 0.1) is 5.82 Å². The minimum Gasteiger partial charge on any atom is -0.455 e. The molecule has 33 heavy (non-hydrogen) atoms. The van der Waals surface area contributed by atoms with E-state index < -0.39 is 65.4 Å². The van der Waals surface area contributed by atoms with E-state index in [-0.39, 0.29) is 4.60 Å². The number of alkyl halides is 2. The largest absolute Gasteiger partial charge is 0.455 e. The number of amides is 2. The van der Waals surface area contributed by atoms with E-state index >= 15 is 4.39 Å². The highest BCUT2D eigenvalue weighted by molar-refractivity contribution is 9.10. The molecule has 0 aliphatic carbocycles. The molecule has 12 heteroatoms. The van der Waals surface area contributed by atoms with Crippen LogP contribution in [0.3, 0.4) is 0 Å². The number of imide groups is 1. The molecule has 184 valence electrons. The molecule has 0 bridgehead atoms. The third-order valence-electron chi connectivity index (χ3n) is 4.24. The van der Waals surface area contributed by atoms with Crippen molar-refractivity contribution in [2.45, 2.75) is 77.5 Å². The van der Waals surface area contributed by atoms with Gasteiger partial charge in [-0.2, -0.15) is 0 Å². The topological polar surface area (TPSA) is 90.3 Å². The third-order valence-corrected chi connectivity index (χ3v) is 4.68. The fourth-order valence-electron chi connectivity index (χ4n) is 2.86. The first-order valence-corrected chi connectivity index (χ1v) is 10.8. The first-order valence-electron chi connectivity index (χ1n) is 10.0. The molecule has 2 heterocycles. The molecule has 3 atom stereocenters. The van der Waals surface area contributed by atoms with Crippen LogP contribution in [0.5, 0.6) is 0 Å². The van der Waals surface area contributed by atoms with Crippen molar-refractivity contribution in [3.05, 3.63) is 28.2 Å². The zero-order valence-corrected chi connectivity index (χ0v) is 21.0. The van der Waals surface area contributed by atoms with Crippen molar-refractivity contribution < 1.29 is 37.0 Å². The number of amidine groups is 1. The Balaban J connectivity index is 2.68. The molecule has 0 saturated heterocycles. The number of carbonyl (C=O) groups is 2. The summed E-state index contributed by atoms with van der Waals surface area (Å²) in [5.74, 6) is -0.924. The molecule has 0 saturated carbocycles. The number of ether oxygens (including phenoxy) is 3. The highest BCUT2D eigenvalue weighted by Gasteiger charge is 2.52. The number of aromatic nitrogens is 1. The molecule has 0 unspecified atom stereocenters. The van der Waals surface area contributed by atoms with Crippen LogP contribution in [0.1, 0.15) is 54.2 Å². The normalized spacial score (nSPS) is 23.3. The Morgan fingerprint density at radius 2 is 1.67 bits per heavy atom. The van der Waals surface area contributed by atoms with Gasteiger partial charge in [0.15, 0.2) is 12.3 Å². The van der Waals surface area contributed by atoms with Crippen LogP contribution in [0.25, 0.3) is 0 Å². The van der Waals surface area contributed by atoms with Gasteiger partial charge < -0.3 is 14.2 Å². The van der Waals surface area contributed by atoms with Gasteiger partial charge in [0.25, 0.3) is 0 Å². The molecular formula is C21H27BrF3N3O5. The maximum Gasteiger partial charge on any atom is 0.428 e. The molecule has 0 radical (unpaired) electrons. The highest BCUT2D eigenvalue weighted by Crippen LogP contribution is 2.39. The molecule has 1 aromatic heterocycles. The summed E-state index contributed by atoms with van der Waals surface area (Å²) in [5, 5.41) is 0. The smallest absolute Gasteiger partial charge is 0.428 e. The number of hydrogen-bond acceptors (Lipinski definition) is 7. The summed E-state index contributed by atoms with van der Waals surface area (Å²) >= 11 is 3.08. The second-order valence-electron chi connectivity index (χ2n) is 9.51. The van der Waals surface area contributed by atoms with Gasteiger partial charge in [-0.1, -0.05) is 0 Å². The third kappa shape index (κ3) is 6.36. The van der Waals surface area contributed by atoms with E-state index in [0.717, 1.165) is 13.0 Å². The van der Waals surface area contributed by atoms with Gasteiger partial charge in [-0.3, -0.25) is 0 Å². The number of nitrogens with zero attached hydrogens (tertiary/aromatic N) is 3. The molecule has 2 amide bonds. The van der Waals surface area contributed by atoms with Crippen molar-refractivity contribution in [2.75, 3.05) is 6.67 Å². The van der Waals surface area contributed by atoms with Crippen molar-refractivity contribution in [3.8, 4) is 0 Å². The summed E-state index contributed by atoms with van der Waals surface area (Å²) in [6.07, 6.45) is -6.54. The van der Waals surface area contributed by atoms with E-state index in [4.69, 9.17) is 14.2 Å². The van der Waals surface area contributed by atoms with Crippen molar-refractivity contribution in [3.63, 3.8) is 0 Å². The zero-order chi connectivity index (χ0) is 25.4. The maximum atomic E-state index is 15.3. The number of rotatable bonds is 2. The second-order valence-corrected chi connectivity index (χ2v) is 10.3. The lowest BCUT2D eigenvalue weighted by atomic mass is 9.87. The minimum atomic E-state index is -2.21. The molecule has 0 spiro atoms. The Morgan fingerprint density at radius 3 is 2.12 bits per heavy atom. The van der Waals surface area contributed by atoms with Crippen LogP contribution < -0.4 is 0 Å². The molecular weight excluding hydrogens is 511 g/mol. The van der Waals surface area contributed by atoms with Crippen LogP contribution in [-0.2, 0) is 19.7 Å². The van der Waals surface area contributed by atoms with Crippen molar-refractivity contribution in [1.29, 1.82) is 0 Å². The molecule has 0 N–H and O–H groups in total.